The highest BCUT2D eigenvalue weighted by atomic mass is 16.5. The number of nitrogens with zero attached hydrogens (tertiary/aromatic N) is 2. The molecular weight excluding hydrogens is 266 g/mol. The molecule has 112 valence electrons. The molecule has 0 spiro atoms. The van der Waals surface area contributed by atoms with Crippen molar-refractivity contribution >= 4 is 0 Å². The van der Waals surface area contributed by atoms with Crippen LogP contribution in [0.3, 0.4) is 0 Å². The summed E-state index contributed by atoms with van der Waals surface area (Å²) >= 11 is 0. The quantitative estimate of drug-likeness (QED) is 0.757. The Morgan fingerprint density at radius 3 is 2.95 bits per heavy atom. The molecular formula is C16H21N3O2. The Kier molecular flexibility index (Phi) is 6.12. The van der Waals surface area contributed by atoms with Gasteiger partial charge in [0.1, 0.15) is 5.75 Å². The molecule has 0 fully saturated rings. The Bertz CT molecular complexity index is 561. The van der Waals surface area contributed by atoms with Crippen molar-refractivity contribution in [3.63, 3.8) is 0 Å². The maximum atomic E-state index is 5.76. The molecule has 2 aromatic rings. The van der Waals surface area contributed by atoms with Crippen LogP contribution in [0.15, 0.2) is 36.7 Å². The highest BCUT2D eigenvalue weighted by Crippen LogP contribution is 2.20. The number of hydrogen-bond donors (Lipinski definition) is 1. The molecule has 0 aliphatic heterocycles. The van der Waals surface area contributed by atoms with Crippen molar-refractivity contribution in [2.45, 2.75) is 26.5 Å². The first-order valence-electron chi connectivity index (χ1n) is 7.09. The molecule has 5 nitrogen and oxygen atoms in total. The second kappa shape index (κ2) is 8.34. The van der Waals surface area contributed by atoms with E-state index in [1.54, 1.807) is 19.5 Å². The van der Waals surface area contributed by atoms with Crippen molar-refractivity contribution in [1.29, 1.82) is 0 Å². The summed E-state index contributed by atoms with van der Waals surface area (Å²) in [7, 11) is 1.67. The third-order valence-corrected chi connectivity index (χ3v) is 2.83. The maximum Gasteiger partial charge on any atom is 0.238 e. The summed E-state index contributed by atoms with van der Waals surface area (Å²) in [5.74, 6) is 1.23. The van der Waals surface area contributed by atoms with Crippen LogP contribution in [-0.4, -0.2) is 23.6 Å². The van der Waals surface area contributed by atoms with Gasteiger partial charge in [-0.05, 0) is 30.7 Å². The molecule has 0 bridgehead atoms. The fraction of sp³-hybridized carbons (Fsp3) is 0.375. The third-order valence-electron chi connectivity index (χ3n) is 2.83. The van der Waals surface area contributed by atoms with Gasteiger partial charge in [0, 0.05) is 19.9 Å². The summed E-state index contributed by atoms with van der Waals surface area (Å²) in [5.41, 5.74) is 1.93. The number of hydrogen-bond acceptors (Lipinski definition) is 5. The van der Waals surface area contributed by atoms with Crippen LogP contribution in [0.4, 0.5) is 0 Å². The van der Waals surface area contributed by atoms with E-state index in [2.05, 4.69) is 22.2 Å². The number of rotatable bonds is 8. The van der Waals surface area contributed by atoms with Crippen molar-refractivity contribution in [3.05, 3.63) is 47.9 Å². The first-order chi connectivity index (χ1) is 10.3. The lowest BCUT2D eigenvalue weighted by atomic mass is 10.2. The average Bonchev–Trinajstić information content (AvgIpc) is 2.49. The molecule has 0 aliphatic rings. The second-order valence-corrected chi connectivity index (χ2v) is 4.71. The number of nitrogens with one attached hydrogen (secondary N) is 1. The zero-order valence-corrected chi connectivity index (χ0v) is 12.5. The number of ether oxygens (including phenoxy) is 2. The third kappa shape index (κ3) is 5.13. The van der Waals surface area contributed by atoms with Crippen molar-refractivity contribution in [2.75, 3.05) is 13.7 Å². The van der Waals surface area contributed by atoms with Crippen molar-refractivity contribution in [1.82, 2.24) is 15.3 Å². The average molecular weight is 287 g/mol. The van der Waals surface area contributed by atoms with E-state index in [1.165, 1.54) is 0 Å². The summed E-state index contributed by atoms with van der Waals surface area (Å²) in [4.78, 5) is 8.60. The topological polar surface area (TPSA) is 56.3 Å². The van der Waals surface area contributed by atoms with Crippen LogP contribution >= 0.6 is 0 Å². The molecule has 0 atom stereocenters. The molecule has 0 saturated heterocycles. The molecule has 0 saturated carbocycles. The highest BCUT2D eigenvalue weighted by molar-refractivity contribution is 5.31. The van der Waals surface area contributed by atoms with Crippen LogP contribution < -0.4 is 10.1 Å². The van der Waals surface area contributed by atoms with E-state index in [4.69, 9.17) is 9.47 Å². The van der Waals surface area contributed by atoms with E-state index in [0.29, 0.717) is 19.0 Å². The van der Waals surface area contributed by atoms with Crippen LogP contribution in [0.25, 0.3) is 0 Å². The van der Waals surface area contributed by atoms with Crippen LogP contribution in [0.1, 0.15) is 24.6 Å². The predicted octanol–water partition coefficient (Wildman–Crippen LogP) is 2.91. The standard InChI is InChI=1S/C16H21N3O2/c1-3-7-17-9-14-10-18-11-16(19-14)21-15-6-4-5-13(8-15)12-20-2/h4-6,8,10-11,17H,3,7,9,12H2,1-2H3. The van der Waals surface area contributed by atoms with E-state index in [9.17, 15) is 0 Å². The number of aromatic nitrogens is 2. The van der Waals surface area contributed by atoms with Gasteiger partial charge < -0.3 is 14.8 Å². The summed E-state index contributed by atoms with van der Waals surface area (Å²) in [6, 6.07) is 7.76. The Hall–Kier alpha value is -1.98. The molecule has 0 amide bonds. The normalized spacial score (nSPS) is 10.6. The first-order valence-corrected chi connectivity index (χ1v) is 7.09. The lowest BCUT2D eigenvalue weighted by Crippen LogP contribution is -2.15. The van der Waals surface area contributed by atoms with E-state index in [1.807, 2.05) is 24.3 Å². The molecule has 1 heterocycles. The van der Waals surface area contributed by atoms with Gasteiger partial charge in [-0.25, -0.2) is 4.98 Å². The minimum atomic E-state index is 0.500. The molecule has 0 radical (unpaired) electrons. The summed E-state index contributed by atoms with van der Waals surface area (Å²) in [6.07, 6.45) is 4.46. The molecule has 0 aliphatic carbocycles. The fourth-order valence-corrected chi connectivity index (χ4v) is 1.90. The summed E-state index contributed by atoms with van der Waals surface area (Å²) in [6.45, 7) is 4.35. The van der Waals surface area contributed by atoms with E-state index in [0.717, 1.165) is 30.0 Å². The van der Waals surface area contributed by atoms with Gasteiger partial charge in [0.05, 0.1) is 18.5 Å². The van der Waals surface area contributed by atoms with Crippen LogP contribution in [0.5, 0.6) is 11.6 Å². The summed E-state index contributed by atoms with van der Waals surface area (Å²) < 4.78 is 10.9. The zero-order chi connectivity index (χ0) is 14.9. The molecule has 1 aromatic carbocycles. The van der Waals surface area contributed by atoms with Crippen molar-refractivity contribution in [3.8, 4) is 11.6 Å². The van der Waals surface area contributed by atoms with Gasteiger partial charge in [-0.2, -0.15) is 0 Å². The highest BCUT2D eigenvalue weighted by Gasteiger charge is 2.03. The lowest BCUT2D eigenvalue weighted by Gasteiger charge is -2.08. The lowest BCUT2D eigenvalue weighted by molar-refractivity contribution is 0.184. The minimum absolute atomic E-state index is 0.500. The molecule has 1 aromatic heterocycles. The Labute approximate surface area is 125 Å². The van der Waals surface area contributed by atoms with Gasteiger partial charge in [-0.15, -0.1) is 0 Å². The van der Waals surface area contributed by atoms with Gasteiger partial charge in [0.25, 0.3) is 0 Å². The van der Waals surface area contributed by atoms with Crippen LogP contribution in [0.2, 0.25) is 0 Å². The van der Waals surface area contributed by atoms with Gasteiger partial charge in [0.2, 0.25) is 5.88 Å². The van der Waals surface area contributed by atoms with Crippen molar-refractivity contribution in [2.24, 2.45) is 0 Å². The van der Waals surface area contributed by atoms with E-state index >= 15 is 0 Å². The molecule has 0 unspecified atom stereocenters. The minimum Gasteiger partial charge on any atom is -0.437 e. The largest absolute Gasteiger partial charge is 0.437 e. The second-order valence-electron chi connectivity index (χ2n) is 4.71. The van der Waals surface area contributed by atoms with Gasteiger partial charge in [0.15, 0.2) is 0 Å². The van der Waals surface area contributed by atoms with Crippen molar-refractivity contribution < 1.29 is 9.47 Å². The zero-order valence-electron chi connectivity index (χ0n) is 12.5. The molecule has 1 N–H and O–H groups in total. The monoisotopic (exact) mass is 287 g/mol. The SMILES string of the molecule is CCCNCc1cncc(Oc2cccc(COC)c2)n1. The number of benzene rings is 1. The van der Waals surface area contributed by atoms with E-state index < -0.39 is 0 Å². The Morgan fingerprint density at radius 1 is 1.24 bits per heavy atom. The van der Waals surface area contributed by atoms with Gasteiger partial charge in [-0.1, -0.05) is 19.1 Å². The smallest absolute Gasteiger partial charge is 0.238 e. The Balaban J connectivity index is 2.01. The fourth-order valence-electron chi connectivity index (χ4n) is 1.90. The van der Waals surface area contributed by atoms with E-state index in [-0.39, 0.29) is 0 Å². The van der Waals surface area contributed by atoms with Gasteiger partial charge >= 0.3 is 0 Å². The predicted molar refractivity (Wildman–Crippen MR) is 81.3 cm³/mol. The van der Waals surface area contributed by atoms with Crippen LogP contribution in [0, 0.1) is 0 Å². The maximum absolute atomic E-state index is 5.76. The van der Waals surface area contributed by atoms with Crippen LogP contribution in [-0.2, 0) is 17.9 Å². The Morgan fingerprint density at radius 2 is 2.14 bits per heavy atom. The molecule has 2 rings (SSSR count). The molecule has 21 heavy (non-hydrogen) atoms. The number of methoxy groups -OCH3 is 1. The van der Waals surface area contributed by atoms with Gasteiger partial charge in [-0.3, -0.25) is 4.98 Å². The first kappa shape index (κ1) is 15.4. The molecule has 5 heteroatoms. The summed E-state index contributed by atoms with van der Waals surface area (Å²) in [5, 5.41) is 3.29.